The SMILES string of the molecule is CC(NC(=O)c1cc2cc(N)ccc2s1)C1CCOCC1. The first-order valence-electron chi connectivity index (χ1n) is 7.31. The molecule has 0 saturated carbocycles. The van der Waals surface area contributed by atoms with Crippen molar-refractivity contribution in [1.82, 2.24) is 5.32 Å². The zero-order chi connectivity index (χ0) is 14.8. The standard InChI is InChI=1S/C16H20N2O2S/c1-10(11-4-6-20-7-5-11)18-16(19)15-9-12-8-13(17)2-3-14(12)21-15/h2-3,8-11H,4-7,17H2,1H3,(H,18,19). The molecule has 0 aliphatic carbocycles. The average Bonchev–Trinajstić information content (AvgIpc) is 2.91. The van der Waals surface area contributed by atoms with Gasteiger partial charge in [-0.2, -0.15) is 0 Å². The molecule has 1 atom stereocenters. The third-order valence-electron chi connectivity index (χ3n) is 4.10. The van der Waals surface area contributed by atoms with Gasteiger partial charge in [0.2, 0.25) is 0 Å². The zero-order valence-electron chi connectivity index (χ0n) is 12.1. The van der Waals surface area contributed by atoms with Gasteiger partial charge in [-0.15, -0.1) is 11.3 Å². The minimum Gasteiger partial charge on any atom is -0.399 e. The van der Waals surface area contributed by atoms with Crippen LogP contribution in [0.1, 0.15) is 29.4 Å². The maximum atomic E-state index is 12.4. The van der Waals surface area contributed by atoms with Gasteiger partial charge in [-0.3, -0.25) is 4.79 Å². The summed E-state index contributed by atoms with van der Waals surface area (Å²) in [5.74, 6) is 0.515. The number of fused-ring (bicyclic) bond motifs is 1. The predicted molar refractivity (Wildman–Crippen MR) is 86.7 cm³/mol. The summed E-state index contributed by atoms with van der Waals surface area (Å²) in [7, 11) is 0. The molecule has 4 nitrogen and oxygen atoms in total. The number of amides is 1. The van der Waals surface area contributed by atoms with Gasteiger partial charge in [0.25, 0.3) is 5.91 Å². The van der Waals surface area contributed by atoms with Crippen molar-refractivity contribution in [3.63, 3.8) is 0 Å². The number of hydrogen-bond acceptors (Lipinski definition) is 4. The molecule has 2 heterocycles. The minimum atomic E-state index is 0.00811. The van der Waals surface area contributed by atoms with Crippen LogP contribution in [0.3, 0.4) is 0 Å². The molecule has 1 aromatic heterocycles. The van der Waals surface area contributed by atoms with Crippen LogP contribution in [0.25, 0.3) is 10.1 Å². The molecule has 5 heteroatoms. The highest BCUT2D eigenvalue weighted by atomic mass is 32.1. The number of rotatable bonds is 3. The number of carbonyl (C=O) groups is 1. The molecule has 1 aliphatic heterocycles. The molecule has 1 unspecified atom stereocenters. The Morgan fingerprint density at radius 2 is 2.14 bits per heavy atom. The number of ether oxygens (including phenoxy) is 1. The molecule has 1 amide bonds. The van der Waals surface area contributed by atoms with Crippen molar-refractivity contribution in [2.45, 2.75) is 25.8 Å². The van der Waals surface area contributed by atoms with Gasteiger partial charge in [-0.05, 0) is 55.3 Å². The molecule has 0 radical (unpaired) electrons. The largest absolute Gasteiger partial charge is 0.399 e. The van der Waals surface area contributed by atoms with Gasteiger partial charge in [0.1, 0.15) is 0 Å². The molecule has 112 valence electrons. The van der Waals surface area contributed by atoms with E-state index in [2.05, 4.69) is 12.2 Å². The molecule has 21 heavy (non-hydrogen) atoms. The van der Waals surface area contributed by atoms with E-state index in [4.69, 9.17) is 10.5 Å². The smallest absolute Gasteiger partial charge is 0.261 e. The topological polar surface area (TPSA) is 64.4 Å². The van der Waals surface area contributed by atoms with Crippen LogP contribution < -0.4 is 11.1 Å². The van der Waals surface area contributed by atoms with E-state index in [1.807, 2.05) is 24.3 Å². The lowest BCUT2D eigenvalue weighted by molar-refractivity contribution is 0.0539. The van der Waals surface area contributed by atoms with Gasteiger partial charge >= 0.3 is 0 Å². The minimum absolute atomic E-state index is 0.00811. The quantitative estimate of drug-likeness (QED) is 0.857. The monoisotopic (exact) mass is 304 g/mol. The number of nitrogen functional groups attached to an aromatic ring is 1. The van der Waals surface area contributed by atoms with E-state index in [9.17, 15) is 4.79 Å². The Morgan fingerprint density at radius 1 is 1.38 bits per heavy atom. The highest BCUT2D eigenvalue weighted by Crippen LogP contribution is 2.27. The van der Waals surface area contributed by atoms with E-state index in [-0.39, 0.29) is 11.9 Å². The molecule has 2 aromatic rings. The fraction of sp³-hybridized carbons (Fsp3) is 0.438. The number of nitrogens with one attached hydrogen (secondary N) is 1. The van der Waals surface area contributed by atoms with Crippen molar-refractivity contribution >= 4 is 33.0 Å². The summed E-state index contributed by atoms with van der Waals surface area (Å²) in [5.41, 5.74) is 6.50. The number of hydrogen-bond donors (Lipinski definition) is 2. The molecule has 3 N–H and O–H groups in total. The second kappa shape index (κ2) is 6.03. The average molecular weight is 304 g/mol. The fourth-order valence-corrected chi connectivity index (χ4v) is 3.73. The summed E-state index contributed by atoms with van der Waals surface area (Å²) in [6, 6.07) is 7.84. The summed E-state index contributed by atoms with van der Waals surface area (Å²) >= 11 is 1.51. The molecular weight excluding hydrogens is 284 g/mol. The highest BCUT2D eigenvalue weighted by Gasteiger charge is 2.22. The third kappa shape index (κ3) is 3.19. The Kier molecular flexibility index (Phi) is 4.12. The van der Waals surface area contributed by atoms with Crippen molar-refractivity contribution < 1.29 is 9.53 Å². The van der Waals surface area contributed by atoms with E-state index in [1.54, 1.807) is 0 Å². The van der Waals surface area contributed by atoms with E-state index >= 15 is 0 Å². The van der Waals surface area contributed by atoms with Crippen molar-refractivity contribution in [2.24, 2.45) is 5.92 Å². The number of anilines is 1. The molecule has 3 rings (SSSR count). The maximum Gasteiger partial charge on any atom is 0.261 e. The van der Waals surface area contributed by atoms with Crippen LogP contribution in [0.2, 0.25) is 0 Å². The van der Waals surface area contributed by atoms with Gasteiger partial charge in [0, 0.05) is 29.6 Å². The molecule has 1 aliphatic rings. The molecular formula is C16H20N2O2S. The zero-order valence-corrected chi connectivity index (χ0v) is 12.9. The van der Waals surface area contributed by atoms with E-state index in [0.29, 0.717) is 5.92 Å². The van der Waals surface area contributed by atoms with Crippen molar-refractivity contribution in [3.8, 4) is 0 Å². The van der Waals surface area contributed by atoms with Crippen LogP contribution in [0.5, 0.6) is 0 Å². The molecule has 0 spiro atoms. The van der Waals surface area contributed by atoms with Crippen LogP contribution in [-0.4, -0.2) is 25.2 Å². The molecule has 1 aromatic carbocycles. The predicted octanol–water partition coefficient (Wildman–Crippen LogP) is 3.03. The van der Waals surface area contributed by atoms with Crippen LogP contribution in [0, 0.1) is 5.92 Å². The van der Waals surface area contributed by atoms with Crippen LogP contribution in [-0.2, 0) is 4.74 Å². The number of benzene rings is 1. The van der Waals surface area contributed by atoms with Gasteiger partial charge in [0.05, 0.1) is 4.88 Å². The van der Waals surface area contributed by atoms with E-state index in [1.165, 1.54) is 11.3 Å². The Morgan fingerprint density at radius 3 is 2.90 bits per heavy atom. The highest BCUT2D eigenvalue weighted by molar-refractivity contribution is 7.20. The molecule has 1 saturated heterocycles. The molecule has 1 fully saturated rings. The van der Waals surface area contributed by atoms with Gasteiger partial charge in [-0.1, -0.05) is 0 Å². The van der Waals surface area contributed by atoms with Gasteiger partial charge in [-0.25, -0.2) is 0 Å². The summed E-state index contributed by atoms with van der Waals surface area (Å²) in [4.78, 5) is 13.1. The summed E-state index contributed by atoms with van der Waals surface area (Å²) < 4.78 is 6.46. The molecule has 0 bridgehead atoms. The maximum absolute atomic E-state index is 12.4. The van der Waals surface area contributed by atoms with Crippen molar-refractivity contribution in [1.29, 1.82) is 0 Å². The van der Waals surface area contributed by atoms with Gasteiger partial charge < -0.3 is 15.8 Å². The van der Waals surface area contributed by atoms with E-state index in [0.717, 1.165) is 46.7 Å². The first kappa shape index (κ1) is 14.4. The second-order valence-corrected chi connectivity index (χ2v) is 6.70. The lowest BCUT2D eigenvalue weighted by Gasteiger charge is -2.28. The normalized spacial score (nSPS) is 17.8. The fourth-order valence-electron chi connectivity index (χ4n) is 2.79. The van der Waals surface area contributed by atoms with Crippen molar-refractivity contribution in [2.75, 3.05) is 18.9 Å². The Hall–Kier alpha value is -1.59. The van der Waals surface area contributed by atoms with Crippen molar-refractivity contribution in [3.05, 3.63) is 29.1 Å². The first-order valence-corrected chi connectivity index (χ1v) is 8.13. The summed E-state index contributed by atoms with van der Waals surface area (Å²) in [5, 5.41) is 4.16. The summed E-state index contributed by atoms with van der Waals surface area (Å²) in [6.45, 7) is 3.68. The lowest BCUT2D eigenvalue weighted by Crippen LogP contribution is -2.40. The number of thiophene rings is 1. The Bertz CT molecular complexity index is 647. The summed E-state index contributed by atoms with van der Waals surface area (Å²) in [6.07, 6.45) is 2.04. The number of nitrogens with two attached hydrogens (primary N) is 1. The lowest BCUT2D eigenvalue weighted by atomic mass is 9.93. The number of carbonyl (C=O) groups excluding carboxylic acids is 1. The third-order valence-corrected chi connectivity index (χ3v) is 5.21. The Labute approximate surface area is 128 Å². The van der Waals surface area contributed by atoms with Crippen LogP contribution >= 0.6 is 11.3 Å². The van der Waals surface area contributed by atoms with Crippen LogP contribution in [0.15, 0.2) is 24.3 Å². The first-order chi connectivity index (χ1) is 10.1. The van der Waals surface area contributed by atoms with Crippen LogP contribution in [0.4, 0.5) is 5.69 Å². The van der Waals surface area contributed by atoms with Gasteiger partial charge in [0.15, 0.2) is 0 Å². The second-order valence-electron chi connectivity index (χ2n) is 5.62. The van der Waals surface area contributed by atoms with E-state index < -0.39 is 0 Å². The Balaban J connectivity index is 1.71.